The molecule has 0 amide bonds. The molecule has 0 N–H and O–H groups in total. The molecule has 4 nitrogen and oxygen atoms in total. The average Bonchev–Trinajstić information content (AvgIpc) is 0.722. The summed E-state index contributed by atoms with van der Waals surface area (Å²) in [6.45, 7) is 0. The zero-order valence-electron chi connectivity index (χ0n) is 3.34. The Labute approximate surface area is 75.3 Å². The van der Waals surface area contributed by atoms with Crippen LogP contribution in [0.15, 0.2) is 0 Å². The predicted octanol–water partition coefficient (Wildman–Crippen LogP) is -5.99. The standard InChI is InChI=1S/Cu.Na.H2O4Se/c;;1-5(2,3)4/h;;(H2,1,2,3,4)/q+2;+1;/p-2. The van der Waals surface area contributed by atoms with E-state index in [1.165, 1.54) is 0 Å². The summed E-state index contributed by atoms with van der Waals surface area (Å²) in [5, 5.41) is 0. The van der Waals surface area contributed by atoms with Gasteiger partial charge in [0.15, 0.2) is 0 Å². The fourth-order valence-corrected chi connectivity index (χ4v) is 0. The van der Waals surface area contributed by atoms with E-state index in [1.807, 2.05) is 0 Å². The van der Waals surface area contributed by atoms with Crippen molar-refractivity contribution in [1.29, 1.82) is 0 Å². The zero-order valence-corrected chi connectivity index (χ0v) is 8.00. The fourth-order valence-electron chi connectivity index (χ4n) is 0. The van der Waals surface area contributed by atoms with Crippen molar-refractivity contribution in [3.63, 3.8) is 0 Å². The van der Waals surface area contributed by atoms with Gasteiger partial charge in [0, 0.05) is 0 Å². The van der Waals surface area contributed by atoms with E-state index in [0.29, 0.717) is 0 Å². The Hall–Kier alpha value is 1.56. The third kappa shape index (κ3) is 96.1. The second-order valence-corrected chi connectivity index (χ2v) is 2.12. The van der Waals surface area contributed by atoms with Crippen LogP contribution < -0.4 is 37.9 Å². The molecule has 0 saturated carbocycles. The van der Waals surface area contributed by atoms with Gasteiger partial charge in [0.2, 0.25) is 0 Å². The topological polar surface area (TPSA) is 80.3 Å². The van der Waals surface area contributed by atoms with Gasteiger partial charge in [-0.25, -0.2) is 0 Å². The van der Waals surface area contributed by atoms with E-state index < -0.39 is 13.4 Å². The number of rotatable bonds is 0. The molecule has 41 valence electrons. The maximum Gasteiger partial charge on any atom is 2.00 e. The summed E-state index contributed by atoms with van der Waals surface area (Å²) in [4.78, 5) is 0. The maximum absolute atomic E-state index is 8.59. The summed E-state index contributed by atoms with van der Waals surface area (Å²) in [6.07, 6.45) is 0. The van der Waals surface area contributed by atoms with Crippen LogP contribution in [0.3, 0.4) is 0 Å². The van der Waals surface area contributed by atoms with Crippen molar-refractivity contribution in [2.24, 2.45) is 0 Å². The first-order chi connectivity index (χ1) is 2.00. The Morgan fingerprint density at radius 3 is 1.14 bits per heavy atom. The van der Waals surface area contributed by atoms with E-state index >= 15 is 0 Å². The van der Waals surface area contributed by atoms with Crippen molar-refractivity contribution in [2.45, 2.75) is 0 Å². The second-order valence-electron chi connectivity index (χ2n) is 0.408. The molecule has 0 aromatic heterocycles. The summed E-state index contributed by atoms with van der Waals surface area (Å²) in [7, 11) is 0. The van der Waals surface area contributed by atoms with Gasteiger partial charge in [0.1, 0.15) is 0 Å². The van der Waals surface area contributed by atoms with Gasteiger partial charge in [-0.2, -0.15) is 0 Å². The smallest absolute Gasteiger partial charge is 1.00 e. The van der Waals surface area contributed by atoms with E-state index in [2.05, 4.69) is 0 Å². The van der Waals surface area contributed by atoms with Gasteiger partial charge in [-0.3, -0.25) is 0 Å². The maximum atomic E-state index is 8.59. The molecule has 0 heterocycles. The Balaban J connectivity index is -0.0000000800. The van der Waals surface area contributed by atoms with Crippen molar-refractivity contribution in [3.05, 3.63) is 0 Å². The van der Waals surface area contributed by atoms with Gasteiger partial charge in [-0.15, -0.1) is 0 Å². The van der Waals surface area contributed by atoms with Crippen molar-refractivity contribution >= 4 is 13.4 Å². The molecule has 7 heavy (non-hydrogen) atoms. The molecule has 0 aromatic rings. The largest absolute Gasteiger partial charge is 2.00 e. The molecule has 7 heteroatoms. The van der Waals surface area contributed by atoms with Crippen molar-refractivity contribution in [1.82, 2.24) is 0 Å². The van der Waals surface area contributed by atoms with E-state index in [4.69, 9.17) is 16.0 Å². The van der Waals surface area contributed by atoms with Crippen LogP contribution in [-0.2, 0) is 24.7 Å². The van der Waals surface area contributed by atoms with Crippen molar-refractivity contribution in [3.8, 4) is 0 Å². The number of hydrogen-bond acceptors (Lipinski definition) is 4. The molecule has 0 rings (SSSR count). The van der Waals surface area contributed by atoms with Gasteiger partial charge < -0.3 is 0 Å². The fraction of sp³-hybridized carbons (Fsp3) is 0. The van der Waals surface area contributed by atoms with Crippen LogP contribution >= 0.6 is 0 Å². The van der Waals surface area contributed by atoms with E-state index in [1.54, 1.807) is 0 Å². The van der Waals surface area contributed by atoms with Crippen LogP contribution in [0.5, 0.6) is 0 Å². The van der Waals surface area contributed by atoms with Gasteiger partial charge in [0.25, 0.3) is 0 Å². The minimum absolute atomic E-state index is 0. The zero-order chi connectivity index (χ0) is 4.50. The molecular formula is CuNaO4Se+. The van der Waals surface area contributed by atoms with Crippen LogP contribution in [0.1, 0.15) is 0 Å². The molecule has 0 aliphatic heterocycles. The third-order valence-electron chi connectivity index (χ3n) is 0. The molecule has 0 unspecified atom stereocenters. The monoisotopic (exact) mass is 230 g/mol. The van der Waals surface area contributed by atoms with Gasteiger partial charge in [0.05, 0.1) is 0 Å². The summed E-state index contributed by atoms with van der Waals surface area (Å²) in [5.74, 6) is 0. The molecule has 0 aliphatic carbocycles. The molecule has 0 fully saturated rings. The normalized spacial score (nSPS) is 8.29. The minimum Gasteiger partial charge on any atom is 1.00 e. The van der Waals surface area contributed by atoms with E-state index in [9.17, 15) is 0 Å². The van der Waals surface area contributed by atoms with Crippen LogP contribution in [0.4, 0.5) is 0 Å². The molecule has 0 aromatic carbocycles. The Morgan fingerprint density at radius 1 is 1.14 bits per heavy atom. The van der Waals surface area contributed by atoms with E-state index in [-0.39, 0.29) is 46.6 Å². The molecule has 0 saturated heterocycles. The average molecular weight is 229 g/mol. The first kappa shape index (κ1) is 15.8. The van der Waals surface area contributed by atoms with Gasteiger partial charge in [-0.1, -0.05) is 0 Å². The molecule has 0 bridgehead atoms. The van der Waals surface area contributed by atoms with Crippen LogP contribution in [-0.4, -0.2) is 13.4 Å². The van der Waals surface area contributed by atoms with Crippen LogP contribution in [0, 0.1) is 0 Å². The summed E-state index contributed by atoms with van der Waals surface area (Å²) in [5.41, 5.74) is 0. The Bertz CT molecular complexity index is 94.9. The molecule has 0 atom stereocenters. The third-order valence-corrected chi connectivity index (χ3v) is 0. The van der Waals surface area contributed by atoms with Crippen molar-refractivity contribution in [2.75, 3.05) is 0 Å². The number of hydrogen-bond donors (Lipinski definition) is 0. The molecule has 0 aliphatic rings. The Morgan fingerprint density at radius 2 is 1.14 bits per heavy atom. The first-order valence-corrected chi connectivity index (χ1v) is 3.46. The summed E-state index contributed by atoms with van der Waals surface area (Å²) in [6, 6.07) is 0. The van der Waals surface area contributed by atoms with Gasteiger partial charge >= 0.3 is 76.0 Å². The second kappa shape index (κ2) is 5.69. The summed E-state index contributed by atoms with van der Waals surface area (Å²) < 4.78 is 34.4. The SMILES string of the molecule is O=[Se](=O)([O-])[O-].[Cu+2].[Na+]. The minimum atomic E-state index is -5.75. The molecule has 0 spiro atoms. The predicted molar refractivity (Wildman–Crippen MR) is 7.13 cm³/mol. The van der Waals surface area contributed by atoms with E-state index in [0.717, 1.165) is 0 Å². The first-order valence-electron chi connectivity index (χ1n) is 0.667. The molecular weight excluding hydrogens is 229 g/mol. The molecule has 1 radical (unpaired) electrons. The quantitative estimate of drug-likeness (QED) is 0.387. The van der Waals surface area contributed by atoms with Crippen LogP contribution in [0.25, 0.3) is 0 Å². The Kier molecular flexibility index (Phi) is 12.9. The van der Waals surface area contributed by atoms with Crippen molar-refractivity contribution < 1.29 is 62.7 Å². The van der Waals surface area contributed by atoms with Crippen LogP contribution in [0.2, 0.25) is 0 Å². The summed E-state index contributed by atoms with van der Waals surface area (Å²) >= 11 is -5.75. The van der Waals surface area contributed by atoms with Gasteiger partial charge in [-0.05, 0) is 0 Å².